The van der Waals surface area contributed by atoms with Crippen LogP contribution in [0.3, 0.4) is 0 Å². The maximum absolute atomic E-state index is 9.58. The normalized spacial score (nSPS) is 12.9. The smallest absolute Gasteiger partial charge is 0.101 e. The molecule has 0 fully saturated rings. The van der Waals surface area contributed by atoms with Crippen molar-refractivity contribution in [2.75, 3.05) is 0 Å². The second kappa shape index (κ2) is 3.59. The molecule has 0 saturated heterocycles. The van der Waals surface area contributed by atoms with Gasteiger partial charge in [0.1, 0.15) is 5.76 Å². The van der Waals surface area contributed by atoms with Crippen molar-refractivity contribution in [3.05, 3.63) is 35.8 Å². The van der Waals surface area contributed by atoms with Crippen molar-refractivity contribution < 1.29 is 9.52 Å². The molecule has 2 heteroatoms. The molecular weight excluding hydrogens is 152 g/mol. The van der Waals surface area contributed by atoms with Crippen LogP contribution in [0.4, 0.5) is 0 Å². The summed E-state index contributed by atoms with van der Waals surface area (Å²) in [5.41, 5.74) is 1.80. The van der Waals surface area contributed by atoms with Crippen molar-refractivity contribution >= 4 is 0 Å². The Morgan fingerprint density at radius 1 is 1.75 bits per heavy atom. The van der Waals surface area contributed by atoms with Crippen molar-refractivity contribution in [2.24, 2.45) is 0 Å². The monoisotopic (exact) mass is 166 g/mol. The topological polar surface area (TPSA) is 33.4 Å². The molecule has 0 aliphatic heterocycles. The third-order valence-corrected chi connectivity index (χ3v) is 1.68. The van der Waals surface area contributed by atoms with Crippen LogP contribution < -0.4 is 0 Å². The van der Waals surface area contributed by atoms with E-state index in [2.05, 4.69) is 6.58 Å². The van der Waals surface area contributed by atoms with E-state index in [1.165, 1.54) is 0 Å². The fraction of sp³-hybridized carbons (Fsp3) is 0.400. The minimum absolute atomic E-state index is 0.472. The Morgan fingerprint density at radius 3 is 2.83 bits per heavy atom. The minimum atomic E-state index is -0.472. The van der Waals surface area contributed by atoms with Gasteiger partial charge in [-0.1, -0.05) is 5.57 Å². The summed E-state index contributed by atoms with van der Waals surface area (Å²) in [6, 6.07) is 1.84. The van der Waals surface area contributed by atoms with E-state index in [0.29, 0.717) is 6.42 Å². The van der Waals surface area contributed by atoms with E-state index in [1.54, 1.807) is 6.26 Å². The van der Waals surface area contributed by atoms with Gasteiger partial charge >= 0.3 is 0 Å². The largest absolute Gasteiger partial charge is 0.469 e. The van der Waals surface area contributed by atoms with Gasteiger partial charge in [0.15, 0.2) is 0 Å². The molecule has 0 spiro atoms. The van der Waals surface area contributed by atoms with Crippen molar-refractivity contribution in [2.45, 2.75) is 26.4 Å². The van der Waals surface area contributed by atoms with E-state index < -0.39 is 6.10 Å². The molecule has 1 heterocycles. The molecule has 1 atom stereocenters. The van der Waals surface area contributed by atoms with Gasteiger partial charge in [-0.15, -0.1) is 6.58 Å². The Balaban J connectivity index is 2.64. The molecule has 0 aliphatic carbocycles. The Hall–Kier alpha value is -1.02. The minimum Gasteiger partial charge on any atom is -0.469 e. The molecule has 0 aliphatic rings. The first-order valence-corrected chi connectivity index (χ1v) is 3.97. The maximum atomic E-state index is 9.58. The summed E-state index contributed by atoms with van der Waals surface area (Å²) in [4.78, 5) is 0. The first kappa shape index (κ1) is 9.07. The number of aryl methyl sites for hydroxylation is 1. The van der Waals surface area contributed by atoms with Crippen LogP contribution in [0.1, 0.15) is 30.8 Å². The highest BCUT2D eigenvalue weighted by atomic mass is 16.3. The van der Waals surface area contributed by atoms with Crippen LogP contribution in [0, 0.1) is 6.92 Å². The quantitative estimate of drug-likeness (QED) is 0.700. The molecule has 1 aromatic rings. The summed E-state index contributed by atoms with van der Waals surface area (Å²) in [6.07, 6.45) is 1.71. The summed E-state index contributed by atoms with van der Waals surface area (Å²) in [7, 11) is 0. The van der Waals surface area contributed by atoms with Gasteiger partial charge in [0.05, 0.1) is 12.4 Å². The predicted molar refractivity (Wildman–Crippen MR) is 47.8 cm³/mol. The van der Waals surface area contributed by atoms with Gasteiger partial charge in [0.2, 0.25) is 0 Å². The highest BCUT2D eigenvalue weighted by Crippen LogP contribution is 2.21. The van der Waals surface area contributed by atoms with Crippen molar-refractivity contribution in [3.63, 3.8) is 0 Å². The van der Waals surface area contributed by atoms with Crippen LogP contribution in [-0.2, 0) is 0 Å². The van der Waals surface area contributed by atoms with Gasteiger partial charge in [-0.2, -0.15) is 0 Å². The Kier molecular flexibility index (Phi) is 2.71. The Labute approximate surface area is 72.5 Å². The first-order chi connectivity index (χ1) is 5.59. The Bertz CT molecular complexity index is 273. The molecule has 1 rings (SSSR count). The zero-order valence-corrected chi connectivity index (χ0v) is 7.50. The number of hydrogen-bond acceptors (Lipinski definition) is 2. The molecule has 2 nitrogen and oxygen atoms in total. The molecule has 1 N–H and O–H groups in total. The standard InChI is InChI=1S/C10H14O2/c1-7(2)4-10(11)9-5-8(3)12-6-9/h5-6,10-11H,1,4H2,2-3H3. The molecule has 1 aromatic heterocycles. The van der Waals surface area contributed by atoms with Crippen LogP contribution in [0.25, 0.3) is 0 Å². The van der Waals surface area contributed by atoms with E-state index in [4.69, 9.17) is 4.42 Å². The number of rotatable bonds is 3. The first-order valence-electron chi connectivity index (χ1n) is 3.97. The maximum Gasteiger partial charge on any atom is 0.101 e. The van der Waals surface area contributed by atoms with E-state index in [0.717, 1.165) is 16.9 Å². The summed E-state index contributed by atoms with van der Waals surface area (Å²) < 4.78 is 5.08. The summed E-state index contributed by atoms with van der Waals surface area (Å²) in [6.45, 7) is 7.49. The van der Waals surface area contributed by atoms with Crippen LogP contribution in [0.5, 0.6) is 0 Å². The molecule has 66 valence electrons. The third-order valence-electron chi connectivity index (χ3n) is 1.68. The average molecular weight is 166 g/mol. The van der Waals surface area contributed by atoms with Crippen LogP contribution in [-0.4, -0.2) is 5.11 Å². The van der Waals surface area contributed by atoms with Crippen LogP contribution in [0.2, 0.25) is 0 Å². The van der Waals surface area contributed by atoms with Crippen LogP contribution >= 0.6 is 0 Å². The highest BCUT2D eigenvalue weighted by molar-refractivity contribution is 5.16. The van der Waals surface area contributed by atoms with Crippen molar-refractivity contribution in [1.29, 1.82) is 0 Å². The van der Waals surface area contributed by atoms with Crippen molar-refractivity contribution in [1.82, 2.24) is 0 Å². The summed E-state index contributed by atoms with van der Waals surface area (Å²) >= 11 is 0. The second-order valence-corrected chi connectivity index (χ2v) is 3.17. The van der Waals surface area contributed by atoms with Gasteiger partial charge in [0, 0.05) is 5.56 Å². The van der Waals surface area contributed by atoms with Crippen LogP contribution in [0.15, 0.2) is 28.9 Å². The van der Waals surface area contributed by atoms with Gasteiger partial charge in [-0.3, -0.25) is 0 Å². The van der Waals surface area contributed by atoms with Gasteiger partial charge in [-0.05, 0) is 26.3 Å². The van der Waals surface area contributed by atoms with E-state index >= 15 is 0 Å². The SMILES string of the molecule is C=C(C)CC(O)c1coc(C)c1. The summed E-state index contributed by atoms with van der Waals surface area (Å²) in [5, 5.41) is 9.58. The molecule has 0 amide bonds. The van der Waals surface area contributed by atoms with E-state index in [9.17, 15) is 5.11 Å². The third kappa shape index (κ3) is 2.24. The Morgan fingerprint density at radius 2 is 2.42 bits per heavy atom. The van der Waals surface area contributed by atoms with Gasteiger partial charge in [0.25, 0.3) is 0 Å². The molecule has 0 bridgehead atoms. The van der Waals surface area contributed by atoms with Gasteiger partial charge in [-0.25, -0.2) is 0 Å². The lowest BCUT2D eigenvalue weighted by Crippen LogP contribution is -1.95. The molecule has 12 heavy (non-hydrogen) atoms. The highest BCUT2D eigenvalue weighted by Gasteiger charge is 2.09. The lowest BCUT2D eigenvalue weighted by atomic mass is 10.1. The number of hydrogen-bond donors (Lipinski definition) is 1. The fourth-order valence-corrected chi connectivity index (χ4v) is 1.09. The molecule has 0 radical (unpaired) electrons. The zero-order chi connectivity index (χ0) is 9.14. The number of furan rings is 1. The van der Waals surface area contributed by atoms with Crippen molar-refractivity contribution in [3.8, 4) is 0 Å². The van der Waals surface area contributed by atoms with Gasteiger partial charge < -0.3 is 9.52 Å². The second-order valence-electron chi connectivity index (χ2n) is 3.17. The average Bonchev–Trinajstić information content (AvgIpc) is 2.34. The lowest BCUT2D eigenvalue weighted by Gasteiger charge is -2.06. The molecule has 0 saturated carbocycles. The van der Waals surface area contributed by atoms with E-state index in [-0.39, 0.29) is 0 Å². The number of aliphatic hydroxyl groups excluding tert-OH is 1. The molecular formula is C10H14O2. The number of aliphatic hydroxyl groups is 1. The lowest BCUT2D eigenvalue weighted by molar-refractivity contribution is 0.177. The van der Waals surface area contributed by atoms with E-state index in [1.807, 2.05) is 19.9 Å². The molecule has 0 aromatic carbocycles. The molecule has 1 unspecified atom stereocenters. The summed E-state index contributed by atoms with van der Waals surface area (Å²) in [5.74, 6) is 0.825. The fourth-order valence-electron chi connectivity index (χ4n) is 1.09. The zero-order valence-electron chi connectivity index (χ0n) is 7.50. The predicted octanol–water partition coefficient (Wildman–Crippen LogP) is 2.59.